The summed E-state index contributed by atoms with van der Waals surface area (Å²) in [6.45, 7) is 13.8. The Morgan fingerprint density at radius 3 is 2.33 bits per heavy atom. The first kappa shape index (κ1) is 13.7. The van der Waals surface area contributed by atoms with Crippen LogP contribution in [0.2, 0.25) is 0 Å². The average Bonchev–Trinajstić information content (AvgIpc) is 2.05. The van der Waals surface area contributed by atoms with Crippen LogP contribution in [0.1, 0.15) is 20.8 Å². The zero-order chi connectivity index (χ0) is 8.27. The molecule has 2 nitrogen and oxygen atoms in total. The van der Waals surface area contributed by atoms with E-state index in [-0.39, 0.29) is 58.2 Å². The summed E-state index contributed by atoms with van der Waals surface area (Å²) in [7, 11) is 0. The van der Waals surface area contributed by atoms with E-state index in [4.69, 9.17) is 0 Å². The Bertz CT molecular complexity index is 109. The Balaban J connectivity index is 0.00000121. The van der Waals surface area contributed by atoms with E-state index in [1.165, 1.54) is 19.6 Å². The van der Waals surface area contributed by atoms with Crippen molar-refractivity contribution in [1.82, 2.24) is 9.80 Å². The van der Waals surface area contributed by atoms with Gasteiger partial charge in [-0.25, -0.2) is 0 Å². The minimum absolute atomic E-state index is 0. The molecule has 1 heterocycles. The normalized spacial score (nSPS) is 21.0. The maximum atomic E-state index is 2.46. The van der Waals surface area contributed by atoms with Crippen LogP contribution in [0, 0.1) is 6.54 Å². The van der Waals surface area contributed by atoms with E-state index in [1.807, 2.05) is 0 Å². The topological polar surface area (TPSA) is 6.48 Å². The second kappa shape index (κ2) is 7.07. The predicted octanol–water partition coefficient (Wildman–Crippen LogP) is -1.80. The fourth-order valence-corrected chi connectivity index (χ4v) is 1.42. The minimum atomic E-state index is 0. The summed E-state index contributed by atoms with van der Waals surface area (Å²) in [4.78, 5) is 4.88. The molecule has 0 radical (unpaired) electrons. The molecule has 0 spiro atoms. The van der Waals surface area contributed by atoms with Gasteiger partial charge in [-0.05, 0) is 19.1 Å². The third-order valence-corrected chi connectivity index (χ3v) is 2.36. The first-order valence-electron chi connectivity index (χ1n) is 4.55. The van der Waals surface area contributed by atoms with Crippen LogP contribution in [0.25, 0.3) is 0 Å². The zero-order valence-electron chi connectivity index (χ0n) is 8.88. The van der Waals surface area contributed by atoms with E-state index in [0.29, 0.717) is 6.04 Å². The quantitative estimate of drug-likeness (QED) is 0.526. The molecule has 0 aliphatic carbocycles. The molecule has 0 amide bonds. The summed E-state index contributed by atoms with van der Waals surface area (Å²) in [5, 5.41) is 0. The van der Waals surface area contributed by atoms with E-state index >= 15 is 0 Å². The van der Waals surface area contributed by atoms with Crippen LogP contribution < -0.4 is 58.2 Å². The zero-order valence-corrected chi connectivity index (χ0v) is 13.8. The Morgan fingerprint density at radius 1 is 1.33 bits per heavy atom. The third kappa shape index (κ3) is 4.29. The monoisotopic (exact) mass is 240 g/mol. The van der Waals surface area contributed by atoms with Crippen LogP contribution in [-0.4, -0.2) is 42.0 Å². The van der Waals surface area contributed by atoms with Crippen molar-refractivity contribution >= 4 is 0 Å². The molecule has 3 heteroatoms. The Morgan fingerprint density at radius 2 is 2.00 bits per heavy atom. The van der Waals surface area contributed by atoms with E-state index in [9.17, 15) is 0 Å². The van der Waals surface area contributed by atoms with Gasteiger partial charge in [-0.15, -0.1) is 6.54 Å². The molecule has 0 atom stereocenters. The van der Waals surface area contributed by atoms with Crippen molar-refractivity contribution in [2.24, 2.45) is 0 Å². The first-order chi connectivity index (χ1) is 5.24. The van der Waals surface area contributed by atoms with Crippen LogP contribution in [0.5, 0.6) is 0 Å². The van der Waals surface area contributed by atoms with Crippen LogP contribution in [0.4, 0.5) is 0 Å². The van der Waals surface area contributed by atoms with Crippen molar-refractivity contribution in [1.29, 1.82) is 0 Å². The maximum absolute atomic E-state index is 2.46. The second-order valence-corrected chi connectivity index (χ2v) is 3.41. The number of likely N-dealkylation sites (N-methyl/N-ethyl adjacent to an activating group) is 1. The van der Waals surface area contributed by atoms with Crippen molar-refractivity contribution in [2.45, 2.75) is 26.8 Å². The summed E-state index contributed by atoms with van der Waals surface area (Å²) >= 11 is 0. The molecule has 0 unspecified atom stereocenters. The van der Waals surface area contributed by atoms with Crippen molar-refractivity contribution < 1.29 is 58.2 Å². The van der Waals surface area contributed by atoms with Gasteiger partial charge in [0, 0.05) is 6.54 Å². The second-order valence-electron chi connectivity index (χ2n) is 3.41. The van der Waals surface area contributed by atoms with Gasteiger partial charge in [0.25, 0.3) is 0 Å². The molecule has 0 aromatic rings. The fourth-order valence-electron chi connectivity index (χ4n) is 1.42. The molecular weight excluding hydrogens is 222 g/mol. The molecule has 0 aromatic heterocycles. The van der Waals surface area contributed by atoms with Gasteiger partial charge in [-0.3, -0.25) is 6.54 Å². The van der Waals surface area contributed by atoms with Gasteiger partial charge in [0.15, 0.2) is 0 Å². The summed E-state index contributed by atoms with van der Waals surface area (Å²) in [6.07, 6.45) is 0. The van der Waals surface area contributed by atoms with Gasteiger partial charge in [0.05, 0.1) is 0 Å². The molecule has 0 N–H and O–H groups in total. The Labute approximate surface area is 125 Å². The molecule has 66 valence electrons. The SMILES string of the molecule is CCN1C[CH-]N(C(C)C)CC1.[Rb+]. The van der Waals surface area contributed by atoms with Crippen molar-refractivity contribution in [3.05, 3.63) is 6.54 Å². The van der Waals surface area contributed by atoms with Gasteiger partial charge in [-0.2, -0.15) is 0 Å². The largest absolute Gasteiger partial charge is 1.00 e. The first-order valence-corrected chi connectivity index (χ1v) is 4.55. The molecule has 1 rings (SSSR count). The van der Waals surface area contributed by atoms with E-state index in [1.54, 1.807) is 0 Å². The molecule has 0 saturated carbocycles. The smallest absolute Gasteiger partial charge is 0.452 e. The van der Waals surface area contributed by atoms with Crippen molar-refractivity contribution in [2.75, 3.05) is 26.2 Å². The standard InChI is InChI=1S/C9H19N2.Rb/c1-4-10-5-7-11(8-6-10)9(2)3;/h7,9H,4-6,8H2,1-3H3;/q-1;+1. The predicted molar refractivity (Wildman–Crippen MR) is 48.3 cm³/mol. The van der Waals surface area contributed by atoms with E-state index < -0.39 is 0 Å². The van der Waals surface area contributed by atoms with E-state index in [0.717, 1.165) is 6.54 Å². The molecule has 1 aliphatic heterocycles. The van der Waals surface area contributed by atoms with Gasteiger partial charge >= 0.3 is 58.2 Å². The number of rotatable bonds is 2. The van der Waals surface area contributed by atoms with Crippen LogP contribution in [0.3, 0.4) is 0 Å². The third-order valence-electron chi connectivity index (χ3n) is 2.36. The number of piperazine rings is 1. The van der Waals surface area contributed by atoms with Crippen LogP contribution in [-0.2, 0) is 0 Å². The number of hydrogen-bond donors (Lipinski definition) is 0. The summed E-state index contributed by atoms with van der Waals surface area (Å²) in [5.74, 6) is 0. The Kier molecular flexibility index (Phi) is 8.09. The molecule has 1 aliphatic rings. The molecule has 0 bridgehead atoms. The molecule has 12 heavy (non-hydrogen) atoms. The van der Waals surface area contributed by atoms with Crippen LogP contribution >= 0.6 is 0 Å². The molecule has 1 fully saturated rings. The van der Waals surface area contributed by atoms with Gasteiger partial charge in [0.2, 0.25) is 0 Å². The van der Waals surface area contributed by atoms with Gasteiger partial charge < -0.3 is 9.80 Å². The summed E-state index contributed by atoms with van der Waals surface area (Å²) in [6, 6.07) is 0.675. The summed E-state index contributed by atoms with van der Waals surface area (Å²) in [5.41, 5.74) is 0. The van der Waals surface area contributed by atoms with Crippen LogP contribution in [0.15, 0.2) is 0 Å². The fraction of sp³-hybridized carbons (Fsp3) is 0.889. The minimum Gasteiger partial charge on any atom is -0.452 e. The molecule has 0 aromatic carbocycles. The summed E-state index contributed by atoms with van der Waals surface area (Å²) < 4.78 is 0. The van der Waals surface area contributed by atoms with Gasteiger partial charge in [-0.1, -0.05) is 20.8 Å². The molecular formula is C9H19N2Rb. The van der Waals surface area contributed by atoms with Gasteiger partial charge in [0.1, 0.15) is 0 Å². The maximum Gasteiger partial charge on any atom is 1.00 e. The van der Waals surface area contributed by atoms with Crippen molar-refractivity contribution in [3.8, 4) is 0 Å². The number of hydrogen-bond acceptors (Lipinski definition) is 2. The molecule has 1 saturated heterocycles. The van der Waals surface area contributed by atoms with E-state index in [2.05, 4.69) is 37.1 Å². The Hall–Kier alpha value is 1.73. The average molecular weight is 241 g/mol. The van der Waals surface area contributed by atoms with Crippen molar-refractivity contribution in [3.63, 3.8) is 0 Å². The number of nitrogens with zero attached hydrogens (tertiary/aromatic N) is 2.